The van der Waals surface area contributed by atoms with Crippen LogP contribution in [-0.2, 0) is 4.74 Å². The van der Waals surface area contributed by atoms with Crippen molar-refractivity contribution in [3.05, 3.63) is 24.0 Å². The molecule has 1 atom stereocenters. The Morgan fingerprint density at radius 3 is 2.88 bits per heavy atom. The highest BCUT2D eigenvalue weighted by Gasteiger charge is 1.99. The molecule has 1 heterocycles. The Kier molecular flexibility index (Phi) is 5.82. The van der Waals surface area contributed by atoms with E-state index in [1.807, 2.05) is 19.1 Å². The monoisotopic (exact) mass is 224 g/mol. The van der Waals surface area contributed by atoms with Gasteiger partial charge in [-0.2, -0.15) is 0 Å². The Balaban J connectivity index is 2.13. The lowest BCUT2D eigenvalue weighted by atomic mass is 10.3. The SMILES string of the molecule is COCC(C)NCCOc1ccc(C)nc1. The summed E-state index contributed by atoms with van der Waals surface area (Å²) in [6.45, 7) is 6.19. The molecule has 16 heavy (non-hydrogen) atoms. The Labute approximate surface area is 97.0 Å². The number of nitrogens with one attached hydrogen (secondary N) is 1. The molecule has 1 unspecified atom stereocenters. The number of pyridine rings is 1. The van der Waals surface area contributed by atoms with Crippen molar-refractivity contribution in [2.45, 2.75) is 19.9 Å². The second-order valence-electron chi connectivity index (χ2n) is 3.79. The molecule has 0 radical (unpaired) electrons. The highest BCUT2D eigenvalue weighted by molar-refractivity contribution is 5.18. The molecule has 0 aliphatic heterocycles. The summed E-state index contributed by atoms with van der Waals surface area (Å²) in [6.07, 6.45) is 1.74. The van der Waals surface area contributed by atoms with E-state index in [1.54, 1.807) is 13.3 Å². The molecule has 4 heteroatoms. The third kappa shape index (κ3) is 5.09. The van der Waals surface area contributed by atoms with Crippen LogP contribution in [-0.4, -0.2) is 37.9 Å². The van der Waals surface area contributed by atoms with Gasteiger partial charge in [-0.15, -0.1) is 0 Å². The minimum absolute atomic E-state index is 0.352. The number of aryl methyl sites for hydroxylation is 1. The van der Waals surface area contributed by atoms with Crippen molar-refractivity contribution in [1.82, 2.24) is 10.3 Å². The number of aromatic nitrogens is 1. The zero-order chi connectivity index (χ0) is 11.8. The van der Waals surface area contributed by atoms with E-state index in [9.17, 15) is 0 Å². The predicted molar refractivity (Wildman–Crippen MR) is 63.8 cm³/mol. The normalized spacial score (nSPS) is 12.4. The van der Waals surface area contributed by atoms with Gasteiger partial charge in [0, 0.05) is 25.4 Å². The average Bonchev–Trinajstić information content (AvgIpc) is 2.27. The lowest BCUT2D eigenvalue weighted by molar-refractivity contribution is 0.169. The van der Waals surface area contributed by atoms with Gasteiger partial charge in [0.1, 0.15) is 12.4 Å². The van der Waals surface area contributed by atoms with Crippen molar-refractivity contribution in [3.8, 4) is 5.75 Å². The molecule has 0 bridgehead atoms. The fourth-order valence-electron chi connectivity index (χ4n) is 1.32. The number of hydrogen-bond acceptors (Lipinski definition) is 4. The molecule has 90 valence electrons. The zero-order valence-corrected chi connectivity index (χ0v) is 10.2. The van der Waals surface area contributed by atoms with E-state index in [1.165, 1.54) is 0 Å². The highest BCUT2D eigenvalue weighted by Crippen LogP contribution is 2.07. The molecule has 0 saturated carbocycles. The van der Waals surface area contributed by atoms with E-state index in [4.69, 9.17) is 9.47 Å². The van der Waals surface area contributed by atoms with Gasteiger partial charge < -0.3 is 14.8 Å². The molecule has 0 aliphatic rings. The molecule has 1 aromatic rings. The third-order valence-corrected chi connectivity index (χ3v) is 2.16. The van der Waals surface area contributed by atoms with Crippen LogP contribution < -0.4 is 10.1 Å². The van der Waals surface area contributed by atoms with Crippen LogP contribution in [0.25, 0.3) is 0 Å². The van der Waals surface area contributed by atoms with Gasteiger partial charge in [0.25, 0.3) is 0 Å². The molecular weight excluding hydrogens is 204 g/mol. The molecule has 1 N–H and O–H groups in total. The Morgan fingerprint density at radius 2 is 2.25 bits per heavy atom. The van der Waals surface area contributed by atoms with Gasteiger partial charge in [-0.25, -0.2) is 0 Å². The van der Waals surface area contributed by atoms with Gasteiger partial charge in [-0.05, 0) is 26.0 Å². The van der Waals surface area contributed by atoms with Crippen molar-refractivity contribution in [2.75, 3.05) is 26.9 Å². The Bertz CT molecular complexity index is 288. The van der Waals surface area contributed by atoms with Gasteiger partial charge in [0.15, 0.2) is 0 Å². The third-order valence-electron chi connectivity index (χ3n) is 2.16. The molecule has 4 nitrogen and oxygen atoms in total. The molecule has 1 rings (SSSR count). The average molecular weight is 224 g/mol. The van der Waals surface area contributed by atoms with E-state index in [0.29, 0.717) is 19.3 Å². The van der Waals surface area contributed by atoms with Crippen LogP contribution in [0.15, 0.2) is 18.3 Å². The summed E-state index contributed by atoms with van der Waals surface area (Å²) < 4.78 is 10.5. The van der Waals surface area contributed by atoms with Crippen molar-refractivity contribution < 1.29 is 9.47 Å². The van der Waals surface area contributed by atoms with Crippen LogP contribution in [0.2, 0.25) is 0 Å². The first kappa shape index (κ1) is 12.9. The fraction of sp³-hybridized carbons (Fsp3) is 0.583. The number of nitrogens with zero attached hydrogens (tertiary/aromatic N) is 1. The minimum Gasteiger partial charge on any atom is -0.491 e. The first-order valence-corrected chi connectivity index (χ1v) is 5.50. The Morgan fingerprint density at radius 1 is 1.44 bits per heavy atom. The van der Waals surface area contributed by atoms with Gasteiger partial charge in [-0.3, -0.25) is 4.98 Å². The molecule has 0 fully saturated rings. The maximum atomic E-state index is 5.52. The maximum Gasteiger partial charge on any atom is 0.137 e. The first-order chi connectivity index (χ1) is 7.72. The lowest BCUT2D eigenvalue weighted by Gasteiger charge is -2.12. The molecule has 1 aromatic heterocycles. The molecule has 0 spiro atoms. The topological polar surface area (TPSA) is 43.4 Å². The highest BCUT2D eigenvalue weighted by atomic mass is 16.5. The summed E-state index contributed by atoms with van der Waals surface area (Å²) in [4.78, 5) is 4.16. The van der Waals surface area contributed by atoms with Gasteiger partial charge in [0.2, 0.25) is 0 Å². The number of ether oxygens (including phenoxy) is 2. The summed E-state index contributed by atoms with van der Waals surface area (Å²) in [5.74, 6) is 0.812. The van der Waals surface area contributed by atoms with Gasteiger partial charge in [-0.1, -0.05) is 0 Å². The van der Waals surface area contributed by atoms with Gasteiger partial charge >= 0.3 is 0 Å². The summed E-state index contributed by atoms with van der Waals surface area (Å²) in [5.41, 5.74) is 0.999. The van der Waals surface area contributed by atoms with Crippen LogP contribution >= 0.6 is 0 Å². The van der Waals surface area contributed by atoms with Crippen LogP contribution in [0.4, 0.5) is 0 Å². The van der Waals surface area contributed by atoms with Crippen molar-refractivity contribution >= 4 is 0 Å². The number of methoxy groups -OCH3 is 1. The Hall–Kier alpha value is -1.13. The standard InChI is InChI=1S/C12H20N2O2/c1-10-4-5-12(8-14-10)16-7-6-13-11(2)9-15-3/h4-5,8,11,13H,6-7,9H2,1-3H3. The van der Waals surface area contributed by atoms with E-state index in [2.05, 4.69) is 17.2 Å². The van der Waals surface area contributed by atoms with Crippen molar-refractivity contribution in [1.29, 1.82) is 0 Å². The van der Waals surface area contributed by atoms with Crippen molar-refractivity contribution in [3.63, 3.8) is 0 Å². The second-order valence-corrected chi connectivity index (χ2v) is 3.79. The first-order valence-electron chi connectivity index (χ1n) is 5.50. The summed E-state index contributed by atoms with van der Waals surface area (Å²) in [7, 11) is 1.70. The zero-order valence-electron chi connectivity index (χ0n) is 10.2. The quantitative estimate of drug-likeness (QED) is 0.711. The van der Waals surface area contributed by atoms with E-state index >= 15 is 0 Å². The molecular formula is C12H20N2O2. The molecule has 0 amide bonds. The van der Waals surface area contributed by atoms with Gasteiger partial charge in [0.05, 0.1) is 12.8 Å². The largest absolute Gasteiger partial charge is 0.491 e. The second kappa shape index (κ2) is 7.19. The van der Waals surface area contributed by atoms with Crippen LogP contribution in [0.3, 0.4) is 0 Å². The fourth-order valence-corrected chi connectivity index (χ4v) is 1.32. The predicted octanol–water partition coefficient (Wildman–Crippen LogP) is 1.39. The number of hydrogen-bond donors (Lipinski definition) is 1. The van der Waals surface area contributed by atoms with E-state index in [0.717, 1.165) is 18.0 Å². The smallest absolute Gasteiger partial charge is 0.137 e. The number of rotatable bonds is 7. The van der Waals surface area contributed by atoms with Crippen LogP contribution in [0, 0.1) is 6.92 Å². The lowest BCUT2D eigenvalue weighted by Crippen LogP contribution is -2.33. The van der Waals surface area contributed by atoms with Crippen molar-refractivity contribution in [2.24, 2.45) is 0 Å². The summed E-state index contributed by atoms with van der Waals surface area (Å²) in [6, 6.07) is 4.22. The maximum absolute atomic E-state index is 5.52. The molecule has 0 aliphatic carbocycles. The van der Waals surface area contributed by atoms with E-state index < -0.39 is 0 Å². The minimum atomic E-state index is 0.352. The van der Waals surface area contributed by atoms with E-state index in [-0.39, 0.29) is 0 Å². The van der Waals surface area contributed by atoms with Crippen LogP contribution in [0.5, 0.6) is 5.75 Å². The summed E-state index contributed by atoms with van der Waals surface area (Å²) in [5, 5.41) is 3.29. The molecule has 0 saturated heterocycles. The molecule has 0 aromatic carbocycles. The van der Waals surface area contributed by atoms with Crippen LogP contribution in [0.1, 0.15) is 12.6 Å². The summed E-state index contributed by atoms with van der Waals surface area (Å²) >= 11 is 0.